The largest absolute Gasteiger partial charge is 0.352 e. The Bertz CT molecular complexity index is 785. The van der Waals surface area contributed by atoms with Crippen molar-refractivity contribution in [3.8, 4) is 0 Å². The zero-order chi connectivity index (χ0) is 15.3. The predicted octanol–water partition coefficient (Wildman–Crippen LogP) is 2.13. The lowest BCUT2D eigenvalue weighted by Crippen LogP contribution is -2.32. The predicted molar refractivity (Wildman–Crippen MR) is 78.9 cm³/mol. The second-order valence-electron chi connectivity index (χ2n) is 4.95. The number of hydrogen-bond acceptors (Lipinski definition) is 4. The maximum atomic E-state index is 11.3. The van der Waals surface area contributed by atoms with Gasteiger partial charge in [-0.15, -0.1) is 0 Å². The molecule has 0 unspecified atom stereocenters. The summed E-state index contributed by atoms with van der Waals surface area (Å²) in [5.74, 6) is 0.601. The van der Waals surface area contributed by atoms with Crippen LogP contribution in [0.3, 0.4) is 0 Å². The van der Waals surface area contributed by atoms with E-state index in [-0.39, 0.29) is 11.7 Å². The third kappa shape index (κ3) is 2.04. The van der Waals surface area contributed by atoms with E-state index < -0.39 is 11.0 Å². The molecule has 1 aromatic heterocycles. The first kappa shape index (κ1) is 13.8. The molecular formula is C12H12BrN5O3. The molecule has 110 valence electrons. The van der Waals surface area contributed by atoms with Crippen molar-refractivity contribution in [1.29, 1.82) is 0 Å². The van der Waals surface area contributed by atoms with Crippen LogP contribution in [-0.4, -0.2) is 20.5 Å². The van der Waals surface area contributed by atoms with Gasteiger partial charge in [-0.05, 0) is 40.9 Å². The second kappa shape index (κ2) is 4.69. The molecule has 0 saturated heterocycles. The number of carbonyl (C=O) groups is 1. The Hall–Kier alpha value is -2.16. The van der Waals surface area contributed by atoms with Gasteiger partial charge in [0.2, 0.25) is 0 Å². The molecule has 9 heteroatoms. The Balaban J connectivity index is 2.25. The molecule has 0 bridgehead atoms. The maximum Gasteiger partial charge on any atom is 0.312 e. The van der Waals surface area contributed by atoms with E-state index in [1.54, 1.807) is 6.92 Å². The highest BCUT2D eigenvalue weighted by Gasteiger charge is 2.31. The van der Waals surface area contributed by atoms with Crippen LogP contribution in [0.1, 0.15) is 23.9 Å². The molecule has 2 aromatic rings. The molecule has 8 nitrogen and oxygen atoms in total. The topological polar surface area (TPSA) is 116 Å². The fourth-order valence-electron chi connectivity index (χ4n) is 2.73. The van der Waals surface area contributed by atoms with Crippen molar-refractivity contribution in [3.63, 3.8) is 0 Å². The molecule has 0 saturated carbocycles. The van der Waals surface area contributed by atoms with Gasteiger partial charge in [-0.1, -0.05) is 0 Å². The number of carbonyl (C=O) groups excluding carboxylic acids is 1. The van der Waals surface area contributed by atoms with Crippen molar-refractivity contribution < 1.29 is 9.72 Å². The van der Waals surface area contributed by atoms with Crippen molar-refractivity contribution >= 4 is 38.7 Å². The SMILES string of the molecule is Cc1cc2c(nc3n2CC[C@@H]3NC(N)=O)c([N+](=O)[O-])c1Br. The van der Waals surface area contributed by atoms with Crippen LogP contribution in [-0.2, 0) is 6.54 Å². The van der Waals surface area contributed by atoms with Crippen LogP contribution in [0.5, 0.6) is 0 Å². The number of aryl methyl sites for hydroxylation is 2. The summed E-state index contributed by atoms with van der Waals surface area (Å²) in [5, 5.41) is 13.9. The van der Waals surface area contributed by atoms with E-state index in [0.29, 0.717) is 34.3 Å². The van der Waals surface area contributed by atoms with Gasteiger partial charge in [0, 0.05) is 6.54 Å². The van der Waals surface area contributed by atoms with Crippen molar-refractivity contribution in [2.45, 2.75) is 25.9 Å². The maximum absolute atomic E-state index is 11.3. The van der Waals surface area contributed by atoms with Gasteiger partial charge in [-0.3, -0.25) is 10.1 Å². The highest BCUT2D eigenvalue weighted by molar-refractivity contribution is 9.10. The number of urea groups is 1. The monoisotopic (exact) mass is 353 g/mol. The molecule has 1 aliphatic heterocycles. The molecule has 2 heterocycles. The Labute approximate surface area is 127 Å². The summed E-state index contributed by atoms with van der Waals surface area (Å²) < 4.78 is 2.32. The average Bonchev–Trinajstić information content (AvgIpc) is 2.91. The van der Waals surface area contributed by atoms with Gasteiger partial charge in [0.25, 0.3) is 0 Å². The lowest BCUT2D eigenvalue weighted by atomic mass is 10.2. The fourth-order valence-corrected chi connectivity index (χ4v) is 3.17. The standard InChI is InChI=1S/C12H12BrN5O3/c1-5-4-7-9(10(8(5)13)18(20)21)16-11-6(15-12(14)19)2-3-17(7)11/h4,6H,2-3H2,1H3,(H3,14,15,19)/t6-/m0/s1. The summed E-state index contributed by atoms with van der Waals surface area (Å²) in [6.45, 7) is 2.43. The van der Waals surface area contributed by atoms with Gasteiger partial charge < -0.3 is 15.6 Å². The third-order valence-corrected chi connectivity index (χ3v) is 4.62. The second-order valence-corrected chi connectivity index (χ2v) is 5.75. The van der Waals surface area contributed by atoms with Gasteiger partial charge in [0.15, 0.2) is 5.52 Å². The van der Waals surface area contributed by atoms with Crippen LogP contribution in [0.2, 0.25) is 0 Å². The molecule has 3 rings (SSSR count). The number of nitro groups is 1. The summed E-state index contributed by atoms with van der Waals surface area (Å²) in [7, 11) is 0. The number of aromatic nitrogens is 2. The Morgan fingerprint density at radius 3 is 3.00 bits per heavy atom. The van der Waals surface area contributed by atoms with Crippen LogP contribution >= 0.6 is 15.9 Å². The third-order valence-electron chi connectivity index (χ3n) is 3.62. The van der Waals surface area contributed by atoms with E-state index in [0.717, 1.165) is 5.56 Å². The number of benzene rings is 1. The van der Waals surface area contributed by atoms with Crippen LogP contribution in [0, 0.1) is 17.0 Å². The highest BCUT2D eigenvalue weighted by atomic mass is 79.9. The molecule has 21 heavy (non-hydrogen) atoms. The molecule has 1 aromatic carbocycles. The number of halogens is 1. The summed E-state index contributed by atoms with van der Waals surface area (Å²) in [6.07, 6.45) is 0.671. The number of nitro benzene ring substituents is 1. The van der Waals surface area contributed by atoms with Crippen molar-refractivity contribution in [2.75, 3.05) is 0 Å². The van der Waals surface area contributed by atoms with Gasteiger partial charge >= 0.3 is 11.7 Å². The molecule has 0 aliphatic carbocycles. The van der Waals surface area contributed by atoms with Gasteiger partial charge in [0.1, 0.15) is 10.3 Å². The molecule has 3 N–H and O–H groups in total. The van der Waals surface area contributed by atoms with Gasteiger partial charge in [-0.2, -0.15) is 0 Å². The van der Waals surface area contributed by atoms with Crippen molar-refractivity contribution in [1.82, 2.24) is 14.9 Å². The highest BCUT2D eigenvalue weighted by Crippen LogP contribution is 2.39. The number of nitrogens with zero attached hydrogens (tertiary/aromatic N) is 3. The van der Waals surface area contributed by atoms with E-state index in [4.69, 9.17) is 5.73 Å². The van der Waals surface area contributed by atoms with Gasteiger partial charge in [0.05, 0.1) is 16.5 Å². The first-order valence-corrected chi connectivity index (χ1v) is 7.09. The number of nitrogens with one attached hydrogen (secondary N) is 1. The van der Waals surface area contributed by atoms with Crippen LogP contribution in [0.4, 0.5) is 10.5 Å². The zero-order valence-corrected chi connectivity index (χ0v) is 12.7. The van der Waals surface area contributed by atoms with E-state index in [2.05, 4.69) is 26.2 Å². The fraction of sp³-hybridized carbons (Fsp3) is 0.333. The quantitative estimate of drug-likeness (QED) is 0.635. The Kier molecular flexibility index (Phi) is 3.08. The summed E-state index contributed by atoms with van der Waals surface area (Å²) in [4.78, 5) is 26.3. The molecule has 0 radical (unpaired) electrons. The van der Waals surface area contributed by atoms with E-state index in [9.17, 15) is 14.9 Å². The Morgan fingerprint density at radius 2 is 2.38 bits per heavy atom. The van der Waals surface area contributed by atoms with Gasteiger partial charge in [-0.25, -0.2) is 9.78 Å². The van der Waals surface area contributed by atoms with Crippen molar-refractivity contribution in [2.24, 2.45) is 5.73 Å². The summed E-state index contributed by atoms with van der Waals surface area (Å²) >= 11 is 3.25. The summed E-state index contributed by atoms with van der Waals surface area (Å²) in [5.41, 5.74) is 6.89. The first-order valence-electron chi connectivity index (χ1n) is 6.29. The molecule has 0 fully saturated rings. The van der Waals surface area contributed by atoms with Crippen LogP contribution in [0.25, 0.3) is 11.0 Å². The average molecular weight is 354 g/mol. The lowest BCUT2D eigenvalue weighted by Gasteiger charge is -2.07. The number of imidazole rings is 1. The lowest BCUT2D eigenvalue weighted by molar-refractivity contribution is -0.384. The number of amides is 2. The normalized spacial score (nSPS) is 17.0. The molecule has 2 amide bonds. The zero-order valence-electron chi connectivity index (χ0n) is 11.1. The van der Waals surface area contributed by atoms with Crippen LogP contribution < -0.4 is 11.1 Å². The summed E-state index contributed by atoms with van der Waals surface area (Å²) in [6, 6.07) is 0.913. The van der Waals surface area contributed by atoms with Crippen molar-refractivity contribution in [3.05, 3.63) is 32.0 Å². The number of rotatable bonds is 2. The molecular weight excluding hydrogens is 342 g/mol. The van der Waals surface area contributed by atoms with Crippen LogP contribution in [0.15, 0.2) is 10.5 Å². The molecule has 1 aliphatic rings. The minimum Gasteiger partial charge on any atom is -0.352 e. The van der Waals surface area contributed by atoms with E-state index in [1.165, 1.54) is 0 Å². The van der Waals surface area contributed by atoms with E-state index in [1.807, 2.05) is 10.6 Å². The first-order chi connectivity index (χ1) is 9.90. The number of nitrogens with two attached hydrogens (primary N) is 1. The smallest absolute Gasteiger partial charge is 0.312 e. The number of primary amides is 1. The van der Waals surface area contributed by atoms with E-state index >= 15 is 0 Å². The number of fused-ring (bicyclic) bond motifs is 3. The molecule has 0 spiro atoms. The Morgan fingerprint density at radius 1 is 1.67 bits per heavy atom. The minimum atomic E-state index is -0.632. The minimum absolute atomic E-state index is 0.0512. The molecule has 1 atom stereocenters. The number of hydrogen-bond donors (Lipinski definition) is 2.